The van der Waals surface area contributed by atoms with Gasteiger partial charge in [0.1, 0.15) is 5.69 Å². The number of alkyl halides is 3. The number of fused-ring (bicyclic) bond motifs is 3. The second kappa shape index (κ2) is 13.8. The number of aryl methyl sites for hydroxylation is 2. The number of rotatable bonds is 9. The van der Waals surface area contributed by atoms with Gasteiger partial charge >= 0.3 is 18.1 Å². The van der Waals surface area contributed by atoms with Crippen LogP contribution >= 0.6 is 0 Å². The Morgan fingerprint density at radius 2 is 1.63 bits per heavy atom. The topological polar surface area (TPSA) is 141 Å². The minimum absolute atomic E-state index is 0.315. The lowest BCUT2D eigenvalue weighted by Crippen LogP contribution is -2.21. The van der Waals surface area contributed by atoms with E-state index in [1.165, 1.54) is 5.56 Å². The number of carboxylic acids is 2. The molecule has 12 heteroatoms. The Labute approximate surface area is 245 Å². The summed E-state index contributed by atoms with van der Waals surface area (Å²) in [7, 11) is 0. The number of nitrogens with zero attached hydrogens (tertiary/aromatic N) is 4. The van der Waals surface area contributed by atoms with Crippen molar-refractivity contribution in [2.45, 2.75) is 38.4 Å². The molecule has 0 radical (unpaired) electrons. The quantitative estimate of drug-likeness (QED) is 0.227. The predicted octanol–water partition coefficient (Wildman–Crippen LogP) is 5.14. The molecule has 0 unspecified atom stereocenters. The summed E-state index contributed by atoms with van der Waals surface area (Å²) in [4.78, 5) is 25.1. The van der Waals surface area contributed by atoms with Crippen LogP contribution in [-0.4, -0.2) is 56.2 Å². The molecule has 0 atom stereocenters. The normalized spacial score (nSPS) is 11.9. The van der Waals surface area contributed by atoms with Crippen LogP contribution in [0.25, 0.3) is 22.4 Å². The molecule has 0 fully saturated rings. The number of halogens is 3. The monoisotopic (exact) mass is 591 g/mol. The molecule has 2 aromatic carbocycles. The molecular formula is C31H28F3N5O4. The lowest BCUT2D eigenvalue weighted by Gasteiger charge is -2.14. The Morgan fingerprint density at radius 3 is 2.23 bits per heavy atom. The first kappa shape index (κ1) is 30.9. The van der Waals surface area contributed by atoms with Crippen LogP contribution in [0.3, 0.4) is 0 Å². The van der Waals surface area contributed by atoms with Gasteiger partial charge in [-0.05, 0) is 79.2 Å². The number of hydrogen-bond donors (Lipinski definition) is 3. The maximum absolute atomic E-state index is 12.0. The first-order valence-electron chi connectivity index (χ1n) is 13.4. The fourth-order valence-corrected chi connectivity index (χ4v) is 4.78. The highest BCUT2D eigenvalue weighted by molar-refractivity contribution is 5.90. The average molecular weight is 592 g/mol. The van der Waals surface area contributed by atoms with Gasteiger partial charge in [-0.2, -0.15) is 23.5 Å². The standard InChI is InChI=1S/C29H27N5O2.C2HF3O2/c30-18-21-4-8-23(9-5-21)22-6-2-20(3-7-22)12-15-31-14-1-17-34-28(29(35)36)26-11-10-24-19-32-16-13-25(24)27(26)33-34;3-2(4,5)1(6)7/h2-9,13,16,19,31H,1,10-12,14-15,17H2,(H,35,36);(H,6,7). The van der Waals surface area contributed by atoms with E-state index in [-0.39, 0.29) is 0 Å². The highest BCUT2D eigenvalue weighted by atomic mass is 19.4. The van der Waals surface area contributed by atoms with Gasteiger partial charge in [-0.1, -0.05) is 36.4 Å². The Bertz CT molecular complexity index is 1630. The third-order valence-electron chi connectivity index (χ3n) is 6.91. The van der Waals surface area contributed by atoms with Crippen molar-refractivity contribution in [3.63, 3.8) is 0 Å². The molecule has 5 rings (SSSR count). The van der Waals surface area contributed by atoms with Gasteiger partial charge in [0.05, 0.1) is 17.3 Å². The Morgan fingerprint density at radius 1 is 0.977 bits per heavy atom. The Balaban J connectivity index is 0.000000541. The van der Waals surface area contributed by atoms with Gasteiger partial charge in [-0.25, -0.2) is 9.59 Å². The van der Waals surface area contributed by atoms with E-state index in [1.54, 1.807) is 10.9 Å². The van der Waals surface area contributed by atoms with Crippen LogP contribution in [-0.2, 0) is 30.6 Å². The van der Waals surface area contributed by atoms with Crippen molar-refractivity contribution in [1.29, 1.82) is 5.26 Å². The molecule has 2 aromatic heterocycles. The maximum atomic E-state index is 12.0. The number of aromatic nitrogens is 3. The number of aromatic carboxylic acids is 1. The molecule has 3 N–H and O–H groups in total. The van der Waals surface area contributed by atoms with E-state index < -0.39 is 18.1 Å². The summed E-state index contributed by atoms with van der Waals surface area (Å²) in [5.74, 6) is -3.67. The van der Waals surface area contributed by atoms with E-state index in [0.29, 0.717) is 24.2 Å². The van der Waals surface area contributed by atoms with Crippen molar-refractivity contribution in [1.82, 2.24) is 20.1 Å². The van der Waals surface area contributed by atoms with Crippen molar-refractivity contribution >= 4 is 11.9 Å². The zero-order valence-electron chi connectivity index (χ0n) is 22.9. The molecule has 1 aliphatic rings. The molecule has 222 valence electrons. The summed E-state index contributed by atoms with van der Waals surface area (Å²) in [5.41, 5.74) is 8.19. The van der Waals surface area contributed by atoms with E-state index in [1.807, 2.05) is 36.5 Å². The fraction of sp³-hybridized carbons (Fsp3) is 0.258. The van der Waals surface area contributed by atoms with Crippen LogP contribution in [0.4, 0.5) is 13.2 Å². The zero-order chi connectivity index (χ0) is 31.0. The number of nitrogens with one attached hydrogen (secondary N) is 1. The number of nitriles is 1. The van der Waals surface area contributed by atoms with Crippen LogP contribution < -0.4 is 5.32 Å². The van der Waals surface area contributed by atoms with Gasteiger partial charge in [-0.15, -0.1) is 0 Å². The average Bonchev–Trinajstić information content (AvgIpc) is 3.38. The summed E-state index contributed by atoms with van der Waals surface area (Å²) in [6.45, 7) is 2.19. The summed E-state index contributed by atoms with van der Waals surface area (Å²) >= 11 is 0. The molecule has 0 aliphatic heterocycles. The second-order valence-corrected chi connectivity index (χ2v) is 9.78. The summed E-state index contributed by atoms with van der Waals surface area (Å²) < 4.78 is 33.4. The molecular weight excluding hydrogens is 563 g/mol. The van der Waals surface area contributed by atoms with Crippen molar-refractivity contribution in [2.75, 3.05) is 13.1 Å². The number of aliphatic carboxylic acids is 1. The predicted molar refractivity (Wildman–Crippen MR) is 151 cm³/mol. The Hall–Kier alpha value is -5.02. The number of carbonyl (C=O) groups is 2. The second-order valence-electron chi connectivity index (χ2n) is 9.78. The smallest absolute Gasteiger partial charge is 0.477 e. The minimum Gasteiger partial charge on any atom is -0.477 e. The largest absolute Gasteiger partial charge is 0.490 e. The molecule has 43 heavy (non-hydrogen) atoms. The van der Waals surface area contributed by atoms with E-state index in [9.17, 15) is 23.1 Å². The van der Waals surface area contributed by atoms with Gasteiger partial charge in [-0.3, -0.25) is 9.67 Å². The third-order valence-corrected chi connectivity index (χ3v) is 6.91. The zero-order valence-corrected chi connectivity index (χ0v) is 22.9. The van der Waals surface area contributed by atoms with Crippen molar-refractivity contribution in [2.24, 2.45) is 0 Å². The highest BCUT2D eigenvalue weighted by Gasteiger charge is 2.38. The molecule has 4 aromatic rings. The van der Waals surface area contributed by atoms with Crippen molar-refractivity contribution in [3.8, 4) is 28.5 Å². The van der Waals surface area contributed by atoms with E-state index in [0.717, 1.165) is 65.9 Å². The number of benzene rings is 2. The lowest BCUT2D eigenvalue weighted by atomic mass is 9.90. The van der Waals surface area contributed by atoms with Crippen molar-refractivity contribution < 1.29 is 33.0 Å². The van der Waals surface area contributed by atoms with Crippen LogP contribution in [0.2, 0.25) is 0 Å². The van der Waals surface area contributed by atoms with Crippen molar-refractivity contribution in [3.05, 3.63) is 94.9 Å². The Kier molecular flexibility index (Phi) is 9.90. The summed E-state index contributed by atoms with van der Waals surface area (Å²) in [6, 6.07) is 20.2. The molecule has 1 aliphatic carbocycles. The summed E-state index contributed by atoms with van der Waals surface area (Å²) in [5, 5.41) is 34.1. The van der Waals surface area contributed by atoms with E-state index in [2.05, 4.69) is 45.7 Å². The molecule has 2 heterocycles. The SMILES string of the molecule is N#Cc1ccc(-c2ccc(CCNCCCn3nc4c(c3C(=O)O)CCc3cnccc3-4)cc2)cc1.O=C(O)C(F)(F)F. The maximum Gasteiger partial charge on any atom is 0.490 e. The van der Waals surface area contributed by atoms with Gasteiger partial charge in [0.25, 0.3) is 0 Å². The first-order valence-corrected chi connectivity index (χ1v) is 13.4. The number of pyridine rings is 1. The molecule has 0 bridgehead atoms. The third kappa shape index (κ3) is 7.84. The molecule has 0 saturated carbocycles. The van der Waals surface area contributed by atoms with E-state index in [4.69, 9.17) is 15.2 Å². The molecule has 9 nitrogen and oxygen atoms in total. The number of hydrogen-bond acceptors (Lipinski definition) is 6. The van der Waals surface area contributed by atoms with Crippen LogP contribution in [0.15, 0.2) is 67.0 Å². The van der Waals surface area contributed by atoms with Crippen LogP contribution in [0, 0.1) is 11.3 Å². The van der Waals surface area contributed by atoms with Gasteiger partial charge in [0.2, 0.25) is 0 Å². The number of carboxylic acid groups (broad SMARTS) is 2. The summed E-state index contributed by atoms with van der Waals surface area (Å²) in [6.07, 6.45) is 1.67. The molecule has 0 amide bonds. The molecule has 0 saturated heterocycles. The van der Waals surface area contributed by atoms with E-state index >= 15 is 0 Å². The molecule has 0 spiro atoms. The lowest BCUT2D eigenvalue weighted by molar-refractivity contribution is -0.192. The fourth-order valence-electron chi connectivity index (χ4n) is 4.78. The van der Waals surface area contributed by atoms with Crippen LogP contribution in [0.1, 0.15) is 39.2 Å². The first-order chi connectivity index (χ1) is 20.6. The van der Waals surface area contributed by atoms with Gasteiger partial charge in [0.15, 0.2) is 0 Å². The minimum atomic E-state index is -5.08. The van der Waals surface area contributed by atoms with Gasteiger partial charge < -0.3 is 15.5 Å². The van der Waals surface area contributed by atoms with Gasteiger partial charge in [0, 0.05) is 30.1 Å². The highest BCUT2D eigenvalue weighted by Crippen LogP contribution is 2.34. The van der Waals surface area contributed by atoms with Crippen LogP contribution in [0.5, 0.6) is 0 Å².